The summed E-state index contributed by atoms with van der Waals surface area (Å²) in [6, 6.07) is 10.0. The van der Waals surface area contributed by atoms with Crippen molar-refractivity contribution in [3.8, 4) is 17.2 Å². The lowest BCUT2D eigenvalue weighted by atomic mass is 10.1. The lowest BCUT2D eigenvalue weighted by Gasteiger charge is -2.19. The normalized spacial score (nSPS) is 11.3. The molecular weight excluding hydrogens is 374 g/mol. The summed E-state index contributed by atoms with van der Waals surface area (Å²) in [5.74, 6) is 0.256. The van der Waals surface area contributed by atoms with Gasteiger partial charge in [-0.3, -0.25) is 9.48 Å². The van der Waals surface area contributed by atoms with Gasteiger partial charge in [0, 0.05) is 18.5 Å². The number of rotatable bonds is 6. The number of primary amides is 1. The number of nitrogens with two attached hydrogens (primary N) is 1. The maximum absolute atomic E-state index is 11.8. The van der Waals surface area contributed by atoms with E-state index in [1.54, 1.807) is 75.1 Å². The Morgan fingerprint density at radius 1 is 1.10 bits per heavy atom. The molecule has 2 N–H and O–H groups in total. The molecule has 0 saturated heterocycles. The fourth-order valence-electron chi connectivity index (χ4n) is 2.70. The molecule has 0 fully saturated rings. The highest BCUT2D eigenvalue weighted by Gasteiger charge is 2.17. The first kappa shape index (κ1) is 20.2. The van der Waals surface area contributed by atoms with Crippen LogP contribution in [0.3, 0.4) is 0 Å². The van der Waals surface area contributed by atoms with Crippen molar-refractivity contribution in [2.75, 3.05) is 6.61 Å². The number of carbonyl (C=O) groups is 2. The molecule has 152 valence electrons. The number of esters is 1. The minimum atomic E-state index is -0.594. The number of benzene rings is 2. The third-order valence-electron chi connectivity index (χ3n) is 3.94. The molecule has 0 aliphatic carbocycles. The fraction of sp³-hybridized carbons (Fsp3) is 0.286. The summed E-state index contributed by atoms with van der Waals surface area (Å²) in [4.78, 5) is 23.5. The second-order valence-electron chi connectivity index (χ2n) is 7.49. The molecule has 0 radical (unpaired) electrons. The lowest BCUT2D eigenvalue weighted by Crippen LogP contribution is -2.27. The third kappa shape index (κ3) is 5.04. The molecule has 0 aliphatic rings. The van der Waals surface area contributed by atoms with Gasteiger partial charge < -0.3 is 19.9 Å². The molecule has 8 nitrogen and oxygen atoms in total. The van der Waals surface area contributed by atoms with Gasteiger partial charge in [0.1, 0.15) is 22.8 Å². The molecule has 3 aromatic rings. The van der Waals surface area contributed by atoms with Gasteiger partial charge in [0.2, 0.25) is 0 Å². The van der Waals surface area contributed by atoms with Crippen LogP contribution in [0, 0.1) is 0 Å². The van der Waals surface area contributed by atoms with Crippen molar-refractivity contribution < 1.29 is 23.8 Å². The second kappa shape index (κ2) is 7.83. The van der Waals surface area contributed by atoms with Crippen LogP contribution >= 0.6 is 0 Å². The Hall–Kier alpha value is -3.55. The number of fused-ring (bicyclic) bond motifs is 1. The quantitative estimate of drug-likeness (QED) is 0.641. The molecule has 29 heavy (non-hydrogen) atoms. The number of ether oxygens (including phenoxy) is 3. The summed E-state index contributed by atoms with van der Waals surface area (Å²) >= 11 is 0. The second-order valence-corrected chi connectivity index (χ2v) is 7.49. The Bertz CT molecular complexity index is 1050. The number of nitrogens with zero attached hydrogens (tertiary/aromatic N) is 2. The number of hydrogen-bond acceptors (Lipinski definition) is 6. The molecule has 0 spiro atoms. The number of amides is 1. The average molecular weight is 397 g/mol. The van der Waals surface area contributed by atoms with Crippen LogP contribution in [0.4, 0.5) is 0 Å². The standard InChI is InChI=1S/C21H23N3O5/c1-21(2,3)29-19(25)12-27-14-5-7-15(8-6-14)28-18-10-17-13(11-23-24(17)4)9-16(18)20(22)26/h5-11H,12H2,1-4H3,(H2,22,26). The molecule has 0 saturated carbocycles. The first-order chi connectivity index (χ1) is 13.6. The van der Waals surface area contributed by atoms with Gasteiger partial charge in [0.25, 0.3) is 5.91 Å². The van der Waals surface area contributed by atoms with E-state index in [2.05, 4.69) is 5.10 Å². The zero-order valence-corrected chi connectivity index (χ0v) is 16.8. The summed E-state index contributed by atoms with van der Waals surface area (Å²) in [7, 11) is 1.80. The summed E-state index contributed by atoms with van der Waals surface area (Å²) in [6.45, 7) is 5.18. The molecule has 2 aromatic carbocycles. The fourth-order valence-corrected chi connectivity index (χ4v) is 2.70. The summed E-state index contributed by atoms with van der Waals surface area (Å²) in [5, 5.41) is 4.96. The molecule has 0 aliphatic heterocycles. The smallest absolute Gasteiger partial charge is 0.344 e. The van der Waals surface area contributed by atoms with Gasteiger partial charge in [-0.15, -0.1) is 0 Å². The van der Waals surface area contributed by atoms with Gasteiger partial charge in [-0.05, 0) is 51.1 Å². The van der Waals surface area contributed by atoms with E-state index in [1.807, 2.05) is 0 Å². The maximum Gasteiger partial charge on any atom is 0.344 e. The van der Waals surface area contributed by atoms with Crippen molar-refractivity contribution in [1.29, 1.82) is 0 Å². The summed E-state index contributed by atoms with van der Waals surface area (Å²) < 4.78 is 18.2. The van der Waals surface area contributed by atoms with Gasteiger partial charge in [-0.2, -0.15) is 5.10 Å². The Morgan fingerprint density at radius 3 is 2.38 bits per heavy atom. The molecule has 1 amide bonds. The van der Waals surface area contributed by atoms with E-state index in [1.165, 1.54) is 0 Å². The Kier molecular flexibility index (Phi) is 5.45. The molecule has 0 bridgehead atoms. The molecule has 1 aromatic heterocycles. The highest BCUT2D eigenvalue weighted by molar-refractivity contribution is 6.00. The van der Waals surface area contributed by atoms with Crippen molar-refractivity contribution in [2.45, 2.75) is 26.4 Å². The van der Waals surface area contributed by atoms with Crippen molar-refractivity contribution in [1.82, 2.24) is 9.78 Å². The van der Waals surface area contributed by atoms with E-state index in [9.17, 15) is 9.59 Å². The molecular formula is C21H23N3O5. The monoisotopic (exact) mass is 397 g/mol. The van der Waals surface area contributed by atoms with E-state index >= 15 is 0 Å². The van der Waals surface area contributed by atoms with Gasteiger partial charge in [-0.25, -0.2) is 4.79 Å². The van der Waals surface area contributed by atoms with E-state index in [0.717, 1.165) is 10.9 Å². The third-order valence-corrected chi connectivity index (χ3v) is 3.94. The first-order valence-electron chi connectivity index (χ1n) is 9.00. The highest BCUT2D eigenvalue weighted by Crippen LogP contribution is 2.30. The SMILES string of the molecule is Cn1ncc2cc(C(N)=O)c(Oc3ccc(OCC(=O)OC(C)(C)C)cc3)cc21. The van der Waals surface area contributed by atoms with Crippen LogP contribution in [0.5, 0.6) is 17.2 Å². The van der Waals surface area contributed by atoms with Gasteiger partial charge in [0.15, 0.2) is 6.61 Å². The molecule has 8 heteroatoms. The number of hydrogen-bond donors (Lipinski definition) is 1. The van der Waals surface area contributed by atoms with Crippen molar-refractivity contribution in [3.63, 3.8) is 0 Å². The lowest BCUT2D eigenvalue weighted by molar-refractivity contribution is -0.157. The Labute approximate surface area is 168 Å². The topological polar surface area (TPSA) is 106 Å². The molecule has 1 heterocycles. The number of carbonyl (C=O) groups excluding carboxylic acids is 2. The highest BCUT2D eigenvalue weighted by atomic mass is 16.6. The zero-order valence-electron chi connectivity index (χ0n) is 16.8. The van der Waals surface area contributed by atoms with Crippen LogP contribution in [-0.4, -0.2) is 33.9 Å². The predicted molar refractivity (Wildman–Crippen MR) is 107 cm³/mol. The van der Waals surface area contributed by atoms with E-state index in [0.29, 0.717) is 17.2 Å². The Morgan fingerprint density at radius 2 is 1.76 bits per heavy atom. The van der Waals surface area contributed by atoms with Crippen LogP contribution in [-0.2, 0) is 16.6 Å². The largest absolute Gasteiger partial charge is 0.482 e. The number of aromatic nitrogens is 2. The van der Waals surface area contributed by atoms with Crippen LogP contribution in [0.2, 0.25) is 0 Å². The van der Waals surface area contributed by atoms with Crippen molar-refractivity contribution in [3.05, 3.63) is 48.2 Å². The summed E-state index contributed by atoms with van der Waals surface area (Å²) in [6.07, 6.45) is 1.66. The first-order valence-corrected chi connectivity index (χ1v) is 9.00. The number of aryl methyl sites for hydroxylation is 1. The van der Waals surface area contributed by atoms with Crippen molar-refractivity contribution >= 4 is 22.8 Å². The average Bonchev–Trinajstić information content (AvgIpc) is 2.99. The maximum atomic E-state index is 11.8. The molecule has 0 atom stereocenters. The minimum Gasteiger partial charge on any atom is -0.482 e. The van der Waals surface area contributed by atoms with Crippen LogP contribution in [0.25, 0.3) is 10.9 Å². The Balaban J connectivity index is 1.73. The molecule has 0 unspecified atom stereocenters. The van der Waals surface area contributed by atoms with Crippen molar-refractivity contribution in [2.24, 2.45) is 12.8 Å². The van der Waals surface area contributed by atoms with E-state index in [-0.39, 0.29) is 12.2 Å². The van der Waals surface area contributed by atoms with Crippen LogP contribution in [0.1, 0.15) is 31.1 Å². The van der Waals surface area contributed by atoms with Gasteiger partial charge in [-0.1, -0.05) is 0 Å². The van der Waals surface area contributed by atoms with E-state index < -0.39 is 17.5 Å². The van der Waals surface area contributed by atoms with Gasteiger partial charge in [0.05, 0.1) is 17.3 Å². The predicted octanol–water partition coefficient (Wildman–Crippen LogP) is 3.19. The van der Waals surface area contributed by atoms with Crippen LogP contribution in [0.15, 0.2) is 42.6 Å². The van der Waals surface area contributed by atoms with Crippen LogP contribution < -0.4 is 15.2 Å². The molecule has 3 rings (SSSR count). The summed E-state index contributed by atoms with van der Waals surface area (Å²) in [5.41, 5.74) is 6.00. The van der Waals surface area contributed by atoms with E-state index in [4.69, 9.17) is 19.9 Å². The zero-order chi connectivity index (χ0) is 21.2. The minimum absolute atomic E-state index is 0.194. The van der Waals surface area contributed by atoms with Gasteiger partial charge >= 0.3 is 5.97 Å².